The zero-order valence-corrected chi connectivity index (χ0v) is 9.98. The maximum atomic E-state index is 11.5. The predicted octanol–water partition coefficient (Wildman–Crippen LogP) is 4.08. The molecule has 1 aromatic carbocycles. The Kier molecular flexibility index (Phi) is 3.03. The Bertz CT molecular complexity index is 401. The Hall–Kier alpha value is -0.530. The van der Waals surface area contributed by atoms with E-state index in [0.717, 1.165) is 12.0 Å². The molecule has 1 aliphatic carbocycles. The topological polar surface area (TPSA) is 17.1 Å². The first-order chi connectivity index (χ1) is 7.13. The van der Waals surface area contributed by atoms with E-state index in [9.17, 15) is 4.79 Å². The fourth-order valence-electron chi connectivity index (χ4n) is 1.92. The summed E-state index contributed by atoms with van der Waals surface area (Å²) in [5, 5.41) is 1.14. The minimum Gasteiger partial charge on any atom is -0.299 e. The second-order valence-electron chi connectivity index (χ2n) is 3.94. The summed E-state index contributed by atoms with van der Waals surface area (Å²) in [6.45, 7) is 1.91. The smallest absolute Gasteiger partial charge is 0.136 e. The Balaban J connectivity index is 2.13. The van der Waals surface area contributed by atoms with Crippen molar-refractivity contribution in [2.45, 2.75) is 25.7 Å². The molecule has 0 N–H and O–H groups in total. The molecule has 1 fully saturated rings. The van der Waals surface area contributed by atoms with Crippen molar-refractivity contribution in [2.24, 2.45) is 5.92 Å². The second kappa shape index (κ2) is 4.15. The van der Waals surface area contributed by atoms with Crippen LogP contribution in [0.5, 0.6) is 0 Å². The molecule has 0 spiro atoms. The van der Waals surface area contributed by atoms with E-state index in [1.807, 2.05) is 19.1 Å². The van der Waals surface area contributed by atoms with Gasteiger partial charge in [-0.15, -0.1) is 0 Å². The third kappa shape index (κ3) is 2.19. The predicted molar refractivity (Wildman–Crippen MR) is 62.6 cm³/mol. The molecule has 2 rings (SSSR count). The zero-order valence-electron chi connectivity index (χ0n) is 8.47. The van der Waals surface area contributed by atoms with Crippen LogP contribution in [0.3, 0.4) is 0 Å². The van der Waals surface area contributed by atoms with Gasteiger partial charge in [0.2, 0.25) is 0 Å². The van der Waals surface area contributed by atoms with Gasteiger partial charge >= 0.3 is 0 Å². The van der Waals surface area contributed by atoms with Crippen LogP contribution in [0.2, 0.25) is 10.0 Å². The lowest BCUT2D eigenvalue weighted by Gasteiger charge is -2.01. The van der Waals surface area contributed by atoms with Gasteiger partial charge < -0.3 is 0 Å². The largest absolute Gasteiger partial charge is 0.299 e. The van der Waals surface area contributed by atoms with E-state index in [2.05, 4.69) is 0 Å². The quantitative estimate of drug-likeness (QED) is 0.781. The molecule has 2 atom stereocenters. The Morgan fingerprint density at radius 2 is 2.13 bits per heavy atom. The SMILES string of the molecule is CCC(=O)C1CC1c1ccc(Cl)c(Cl)c1. The van der Waals surface area contributed by atoms with Crippen LogP contribution in [0.25, 0.3) is 0 Å². The maximum absolute atomic E-state index is 11.5. The van der Waals surface area contributed by atoms with E-state index in [4.69, 9.17) is 23.2 Å². The molecule has 2 unspecified atom stereocenters. The molecular weight excluding hydrogens is 231 g/mol. The normalized spacial score (nSPS) is 23.9. The fourth-order valence-corrected chi connectivity index (χ4v) is 2.23. The van der Waals surface area contributed by atoms with Crippen LogP contribution in [0.4, 0.5) is 0 Å². The van der Waals surface area contributed by atoms with Crippen LogP contribution in [0, 0.1) is 5.92 Å². The van der Waals surface area contributed by atoms with Gasteiger partial charge in [0.05, 0.1) is 10.0 Å². The number of hydrogen-bond donors (Lipinski definition) is 0. The van der Waals surface area contributed by atoms with Crippen molar-refractivity contribution in [2.75, 3.05) is 0 Å². The van der Waals surface area contributed by atoms with Gasteiger partial charge in [0, 0.05) is 12.3 Å². The molecule has 1 aromatic rings. The number of hydrogen-bond acceptors (Lipinski definition) is 1. The van der Waals surface area contributed by atoms with E-state index < -0.39 is 0 Å². The van der Waals surface area contributed by atoms with Crippen molar-refractivity contribution >= 4 is 29.0 Å². The standard InChI is InChI=1S/C12H12Cl2O/c1-2-12(15)9-6-8(9)7-3-4-10(13)11(14)5-7/h3-5,8-9H,2,6H2,1H3. The van der Waals surface area contributed by atoms with Gasteiger partial charge in [0.1, 0.15) is 5.78 Å². The van der Waals surface area contributed by atoms with Crippen molar-refractivity contribution < 1.29 is 4.79 Å². The molecule has 0 heterocycles. The van der Waals surface area contributed by atoms with Gasteiger partial charge in [-0.05, 0) is 30.0 Å². The lowest BCUT2D eigenvalue weighted by atomic mass is 10.1. The number of rotatable bonds is 3. The molecule has 0 aromatic heterocycles. The number of benzene rings is 1. The van der Waals surface area contributed by atoms with Gasteiger partial charge in [0.25, 0.3) is 0 Å². The van der Waals surface area contributed by atoms with Crippen molar-refractivity contribution in [1.82, 2.24) is 0 Å². The molecule has 0 saturated heterocycles. The van der Waals surface area contributed by atoms with Crippen LogP contribution in [0.1, 0.15) is 31.2 Å². The summed E-state index contributed by atoms with van der Waals surface area (Å²) in [6, 6.07) is 5.63. The van der Waals surface area contributed by atoms with Crippen LogP contribution in [0.15, 0.2) is 18.2 Å². The molecular formula is C12H12Cl2O. The van der Waals surface area contributed by atoms with Crippen LogP contribution in [-0.4, -0.2) is 5.78 Å². The first-order valence-electron chi connectivity index (χ1n) is 5.11. The first-order valence-corrected chi connectivity index (χ1v) is 5.86. The van der Waals surface area contributed by atoms with Gasteiger partial charge in [-0.3, -0.25) is 4.79 Å². The van der Waals surface area contributed by atoms with Gasteiger partial charge in [-0.25, -0.2) is 0 Å². The first kappa shape index (κ1) is 11.0. The van der Waals surface area contributed by atoms with Crippen molar-refractivity contribution in [3.63, 3.8) is 0 Å². The number of halogens is 2. The average molecular weight is 243 g/mol. The second-order valence-corrected chi connectivity index (χ2v) is 4.76. The van der Waals surface area contributed by atoms with E-state index in [1.54, 1.807) is 6.07 Å². The highest BCUT2D eigenvalue weighted by molar-refractivity contribution is 6.42. The van der Waals surface area contributed by atoms with Gasteiger partial charge in [-0.1, -0.05) is 36.2 Å². The number of carbonyl (C=O) groups excluding carboxylic acids is 1. The van der Waals surface area contributed by atoms with Crippen molar-refractivity contribution in [1.29, 1.82) is 0 Å². The summed E-state index contributed by atoms with van der Waals surface area (Å²) < 4.78 is 0. The van der Waals surface area contributed by atoms with Gasteiger partial charge in [0.15, 0.2) is 0 Å². The minimum atomic E-state index is 0.215. The molecule has 0 aliphatic heterocycles. The highest BCUT2D eigenvalue weighted by Crippen LogP contribution is 2.49. The molecule has 1 saturated carbocycles. The van der Waals surface area contributed by atoms with Crippen LogP contribution >= 0.6 is 23.2 Å². The number of carbonyl (C=O) groups is 1. The third-order valence-electron chi connectivity index (χ3n) is 2.92. The average Bonchev–Trinajstić information content (AvgIpc) is 3.01. The highest BCUT2D eigenvalue weighted by atomic mass is 35.5. The van der Waals surface area contributed by atoms with E-state index in [0.29, 0.717) is 28.2 Å². The molecule has 80 valence electrons. The van der Waals surface area contributed by atoms with Crippen molar-refractivity contribution in [3.8, 4) is 0 Å². The van der Waals surface area contributed by atoms with E-state index in [1.165, 1.54) is 0 Å². The lowest BCUT2D eigenvalue weighted by molar-refractivity contribution is -0.120. The lowest BCUT2D eigenvalue weighted by Crippen LogP contribution is -1.99. The number of Topliss-reactive ketones (excluding diaryl/α,β-unsaturated/α-hetero) is 1. The highest BCUT2D eigenvalue weighted by Gasteiger charge is 2.42. The summed E-state index contributed by atoms with van der Waals surface area (Å²) in [7, 11) is 0. The minimum absolute atomic E-state index is 0.215. The van der Waals surface area contributed by atoms with Crippen molar-refractivity contribution in [3.05, 3.63) is 33.8 Å². The Labute approximate surface area is 99.4 Å². The third-order valence-corrected chi connectivity index (χ3v) is 3.66. The zero-order chi connectivity index (χ0) is 11.0. The fraction of sp³-hybridized carbons (Fsp3) is 0.417. The summed E-state index contributed by atoms with van der Waals surface area (Å²) in [5.74, 6) is 0.936. The Morgan fingerprint density at radius 1 is 1.40 bits per heavy atom. The maximum Gasteiger partial charge on any atom is 0.136 e. The molecule has 0 bridgehead atoms. The Morgan fingerprint density at radius 3 is 2.73 bits per heavy atom. The summed E-state index contributed by atoms with van der Waals surface area (Å²) >= 11 is 11.8. The number of ketones is 1. The summed E-state index contributed by atoms with van der Waals surface area (Å²) in [5.41, 5.74) is 1.14. The van der Waals surface area contributed by atoms with Gasteiger partial charge in [-0.2, -0.15) is 0 Å². The monoisotopic (exact) mass is 242 g/mol. The van der Waals surface area contributed by atoms with E-state index in [-0.39, 0.29) is 5.92 Å². The molecule has 0 amide bonds. The summed E-state index contributed by atoms with van der Waals surface area (Å²) in [4.78, 5) is 11.5. The molecule has 0 radical (unpaired) electrons. The summed E-state index contributed by atoms with van der Waals surface area (Å²) in [6.07, 6.45) is 1.59. The van der Waals surface area contributed by atoms with Crippen LogP contribution in [-0.2, 0) is 4.79 Å². The molecule has 15 heavy (non-hydrogen) atoms. The molecule has 1 aliphatic rings. The molecule has 1 nitrogen and oxygen atoms in total. The van der Waals surface area contributed by atoms with Crippen LogP contribution < -0.4 is 0 Å². The van der Waals surface area contributed by atoms with E-state index >= 15 is 0 Å². The molecule has 3 heteroatoms.